The first-order valence-electron chi connectivity index (χ1n) is 6.61. The first-order chi connectivity index (χ1) is 10.4. The lowest BCUT2D eigenvalue weighted by Crippen LogP contribution is -2.00. The molecule has 0 atom stereocenters. The molecule has 0 amide bonds. The number of hydrogen-bond acceptors (Lipinski definition) is 4. The van der Waals surface area contributed by atoms with E-state index >= 15 is 0 Å². The second kappa shape index (κ2) is 4.79. The van der Waals surface area contributed by atoms with E-state index in [0.717, 1.165) is 22.5 Å². The largest absolute Gasteiger partial charge is 0.272 e. The Hall–Kier alpha value is -3.08. The van der Waals surface area contributed by atoms with Crippen molar-refractivity contribution in [3.05, 3.63) is 67.0 Å². The smallest absolute Gasteiger partial charge is 0.207 e. The molecule has 100 valence electrons. The molecule has 0 saturated carbocycles. The quantitative estimate of drug-likeness (QED) is 0.563. The molecule has 21 heavy (non-hydrogen) atoms. The normalized spacial score (nSPS) is 10.9. The van der Waals surface area contributed by atoms with Crippen LogP contribution in [0.3, 0.4) is 0 Å². The molecule has 0 fully saturated rings. The second-order valence-corrected chi connectivity index (χ2v) is 4.62. The maximum atomic E-state index is 4.61. The van der Waals surface area contributed by atoms with Crippen molar-refractivity contribution in [3.8, 4) is 22.5 Å². The van der Waals surface area contributed by atoms with Gasteiger partial charge in [0.2, 0.25) is 0 Å². The number of fused-ring (bicyclic) bond motifs is 1. The number of nitrogens with zero attached hydrogens (tertiary/aromatic N) is 5. The summed E-state index contributed by atoms with van der Waals surface area (Å²) >= 11 is 0. The van der Waals surface area contributed by atoms with Crippen LogP contribution in [0.4, 0.5) is 0 Å². The van der Waals surface area contributed by atoms with Gasteiger partial charge in [-0.25, -0.2) is 4.98 Å². The van der Waals surface area contributed by atoms with Gasteiger partial charge in [0.15, 0.2) is 0 Å². The minimum absolute atomic E-state index is 0.494. The van der Waals surface area contributed by atoms with Crippen molar-refractivity contribution in [2.45, 2.75) is 0 Å². The molecule has 0 N–H and O–H groups in total. The molecule has 0 aliphatic carbocycles. The van der Waals surface area contributed by atoms with Crippen LogP contribution in [-0.4, -0.2) is 24.8 Å². The molecular formula is C16H11N5. The van der Waals surface area contributed by atoms with Crippen LogP contribution in [0.1, 0.15) is 0 Å². The summed E-state index contributed by atoms with van der Waals surface area (Å²) < 4.78 is 1.59. The molecule has 2 heterocycles. The van der Waals surface area contributed by atoms with Crippen molar-refractivity contribution in [2.75, 3.05) is 0 Å². The number of aromatic nitrogens is 5. The van der Waals surface area contributed by atoms with Gasteiger partial charge in [-0.1, -0.05) is 60.7 Å². The van der Waals surface area contributed by atoms with E-state index in [2.05, 4.69) is 20.3 Å². The van der Waals surface area contributed by atoms with Gasteiger partial charge in [0.25, 0.3) is 5.78 Å². The molecule has 0 saturated heterocycles. The topological polar surface area (TPSA) is 56.0 Å². The standard InChI is InChI=1S/C16H11N5/c1-3-7-12(8-4-1)14-15(13-9-5-2-6-10-13)20-21-11-17-19-16(21)18-14/h1-11H. The molecule has 4 aromatic rings. The van der Waals surface area contributed by atoms with Crippen LogP contribution in [-0.2, 0) is 0 Å². The summed E-state index contributed by atoms with van der Waals surface area (Å²) in [4.78, 5) is 4.61. The third-order valence-corrected chi connectivity index (χ3v) is 3.25. The minimum Gasteiger partial charge on any atom is -0.207 e. The Morgan fingerprint density at radius 3 is 2.00 bits per heavy atom. The van der Waals surface area contributed by atoms with Gasteiger partial charge in [-0.2, -0.15) is 9.61 Å². The minimum atomic E-state index is 0.494. The Labute approximate surface area is 120 Å². The molecule has 0 unspecified atom stereocenters. The Morgan fingerprint density at radius 2 is 1.33 bits per heavy atom. The zero-order chi connectivity index (χ0) is 14.1. The SMILES string of the molecule is c1ccc(-c2nc3nncn3nc2-c2ccccc2)cc1. The summed E-state index contributed by atoms with van der Waals surface area (Å²) in [6.45, 7) is 0. The third kappa shape index (κ3) is 2.04. The molecule has 0 bridgehead atoms. The molecule has 4 rings (SSSR count). The van der Waals surface area contributed by atoms with Gasteiger partial charge in [0, 0.05) is 11.1 Å². The average Bonchev–Trinajstić information content (AvgIpc) is 3.03. The fourth-order valence-electron chi connectivity index (χ4n) is 2.26. The first-order valence-corrected chi connectivity index (χ1v) is 6.61. The molecule has 2 aromatic carbocycles. The lowest BCUT2D eigenvalue weighted by atomic mass is 10.0. The Morgan fingerprint density at radius 1 is 0.714 bits per heavy atom. The van der Waals surface area contributed by atoms with Crippen LogP contribution >= 0.6 is 0 Å². The molecule has 0 spiro atoms. The van der Waals surface area contributed by atoms with Crippen molar-refractivity contribution in [1.29, 1.82) is 0 Å². The summed E-state index contributed by atoms with van der Waals surface area (Å²) in [7, 11) is 0. The van der Waals surface area contributed by atoms with Crippen LogP contribution in [0.2, 0.25) is 0 Å². The second-order valence-electron chi connectivity index (χ2n) is 4.62. The third-order valence-electron chi connectivity index (χ3n) is 3.25. The van der Waals surface area contributed by atoms with Gasteiger partial charge in [0.1, 0.15) is 17.7 Å². The highest BCUT2D eigenvalue weighted by molar-refractivity contribution is 5.78. The van der Waals surface area contributed by atoms with Crippen molar-refractivity contribution in [3.63, 3.8) is 0 Å². The van der Waals surface area contributed by atoms with Gasteiger partial charge in [-0.3, -0.25) is 0 Å². The van der Waals surface area contributed by atoms with E-state index in [9.17, 15) is 0 Å². The van der Waals surface area contributed by atoms with Crippen LogP contribution in [0.25, 0.3) is 28.3 Å². The predicted octanol–water partition coefficient (Wildman–Crippen LogP) is 2.85. The van der Waals surface area contributed by atoms with Crippen molar-refractivity contribution < 1.29 is 0 Å². The van der Waals surface area contributed by atoms with Gasteiger partial charge >= 0.3 is 0 Å². The molecule has 0 aliphatic heterocycles. The summed E-state index contributed by atoms with van der Waals surface area (Å²) in [6, 6.07) is 20.0. The molecule has 0 radical (unpaired) electrons. The summed E-state index contributed by atoms with van der Waals surface area (Å²) in [5.74, 6) is 0.494. The summed E-state index contributed by atoms with van der Waals surface area (Å²) in [6.07, 6.45) is 1.56. The van der Waals surface area contributed by atoms with E-state index < -0.39 is 0 Å². The molecule has 0 aliphatic rings. The first kappa shape index (κ1) is 11.7. The monoisotopic (exact) mass is 273 g/mol. The van der Waals surface area contributed by atoms with Gasteiger partial charge in [0.05, 0.1) is 0 Å². The van der Waals surface area contributed by atoms with Crippen molar-refractivity contribution in [1.82, 2.24) is 24.8 Å². The number of benzene rings is 2. The lowest BCUT2D eigenvalue weighted by molar-refractivity contribution is 0.908. The van der Waals surface area contributed by atoms with Crippen LogP contribution in [0.5, 0.6) is 0 Å². The molecule has 5 heteroatoms. The van der Waals surface area contributed by atoms with Gasteiger partial charge in [-0.15, -0.1) is 10.2 Å². The van der Waals surface area contributed by atoms with Gasteiger partial charge in [-0.05, 0) is 0 Å². The van der Waals surface area contributed by atoms with E-state index in [1.807, 2.05) is 60.7 Å². The van der Waals surface area contributed by atoms with E-state index in [0.29, 0.717) is 5.78 Å². The van der Waals surface area contributed by atoms with E-state index in [1.54, 1.807) is 10.8 Å². The van der Waals surface area contributed by atoms with E-state index in [-0.39, 0.29) is 0 Å². The average molecular weight is 273 g/mol. The highest BCUT2D eigenvalue weighted by Crippen LogP contribution is 2.28. The molecule has 2 aromatic heterocycles. The summed E-state index contributed by atoms with van der Waals surface area (Å²) in [5, 5.41) is 12.4. The molecular weight excluding hydrogens is 262 g/mol. The summed E-state index contributed by atoms with van der Waals surface area (Å²) in [5.41, 5.74) is 3.64. The fourth-order valence-corrected chi connectivity index (χ4v) is 2.26. The van der Waals surface area contributed by atoms with E-state index in [4.69, 9.17) is 0 Å². The van der Waals surface area contributed by atoms with Crippen molar-refractivity contribution in [2.24, 2.45) is 0 Å². The lowest BCUT2D eigenvalue weighted by Gasteiger charge is -2.08. The van der Waals surface area contributed by atoms with Crippen LogP contribution < -0.4 is 0 Å². The van der Waals surface area contributed by atoms with E-state index in [1.165, 1.54) is 0 Å². The Balaban J connectivity index is 2.03. The zero-order valence-electron chi connectivity index (χ0n) is 11.1. The highest BCUT2D eigenvalue weighted by Gasteiger charge is 2.13. The van der Waals surface area contributed by atoms with Crippen molar-refractivity contribution >= 4 is 5.78 Å². The van der Waals surface area contributed by atoms with Gasteiger partial charge < -0.3 is 0 Å². The Bertz CT molecular complexity index is 811. The highest BCUT2D eigenvalue weighted by atomic mass is 15.4. The Kier molecular flexibility index (Phi) is 2.67. The maximum Gasteiger partial charge on any atom is 0.272 e. The zero-order valence-corrected chi connectivity index (χ0v) is 11.1. The molecule has 5 nitrogen and oxygen atoms in total. The number of hydrogen-bond donors (Lipinski definition) is 0. The number of rotatable bonds is 2. The fraction of sp³-hybridized carbons (Fsp3) is 0. The van der Waals surface area contributed by atoms with Crippen LogP contribution in [0.15, 0.2) is 67.0 Å². The maximum absolute atomic E-state index is 4.61. The van der Waals surface area contributed by atoms with Crippen LogP contribution in [0, 0.1) is 0 Å². The predicted molar refractivity (Wildman–Crippen MR) is 79.4 cm³/mol.